The van der Waals surface area contributed by atoms with E-state index in [9.17, 15) is 4.79 Å². The minimum atomic E-state index is -1.14. The number of carbonyl (C=O) groups is 1. The van der Waals surface area contributed by atoms with Gasteiger partial charge in [0, 0.05) is 5.02 Å². The van der Waals surface area contributed by atoms with Gasteiger partial charge in [0.25, 0.3) is 5.91 Å². The molecule has 0 bridgehead atoms. The normalized spacial score (nSPS) is 11.2. The van der Waals surface area contributed by atoms with Gasteiger partial charge in [0.15, 0.2) is 5.60 Å². The Morgan fingerprint density at radius 3 is 2.50 bits per heavy atom. The highest BCUT2D eigenvalue weighted by molar-refractivity contribution is 6.30. The number of hydrogen-bond acceptors (Lipinski definition) is 5. The van der Waals surface area contributed by atoms with Crippen LogP contribution in [0.4, 0.5) is 6.01 Å². The van der Waals surface area contributed by atoms with Crippen LogP contribution in [-0.2, 0) is 11.2 Å². The Bertz CT molecular complexity index is 877. The lowest BCUT2D eigenvalue weighted by Gasteiger charge is -2.24. The number of carbonyl (C=O) groups excluding carboxylic acids is 1. The van der Waals surface area contributed by atoms with E-state index in [-0.39, 0.29) is 6.01 Å². The molecule has 0 saturated heterocycles. The van der Waals surface area contributed by atoms with Crippen LogP contribution in [0.15, 0.2) is 59.0 Å². The van der Waals surface area contributed by atoms with Gasteiger partial charge < -0.3 is 9.15 Å². The minimum absolute atomic E-state index is 0.0358. The van der Waals surface area contributed by atoms with Crippen molar-refractivity contribution in [2.75, 3.05) is 5.32 Å². The minimum Gasteiger partial charge on any atom is -0.478 e. The molecule has 1 N–H and O–H groups in total. The lowest BCUT2D eigenvalue weighted by Crippen LogP contribution is -2.42. The zero-order valence-corrected chi connectivity index (χ0v) is 15.2. The highest BCUT2D eigenvalue weighted by Crippen LogP contribution is 2.22. The van der Waals surface area contributed by atoms with Crippen molar-refractivity contribution in [1.82, 2.24) is 10.2 Å². The van der Waals surface area contributed by atoms with Crippen molar-refractivity contribution >= 4 is 23.5 Å². The second kappa shape index (κ2) is 7.58. The van der Waals surface area contributed by atoms with E-state index in [1.165, 1.54) is 0 Å². The molecule has 0 radical (unpaired) electrons. The van der Waals surface area contributed by atoms with Crippen molar-refractivity contribution in [3.05, 3.63) is 71.1 Å². The largest absolute Gasteiger partial charge is 0.478 e. The maximum atomic E-state index is 12.5. The van der Waals surface area contributed by atoms with Crippen molar-refractivity contribution in [3.63, 3.8) is 0 Å². The van der Waals surface area contributed by atoms with Crippen LogP contribution in [0.1, 0.15) is 25.3 Å². The molecular weight excluding hydrogens is 354 g/mol. The van der Waals surface area contributed by atoms with E-state index in [1.807, 2.05) is 30.3 Å². The average molecular weight is 372 g/mol. The summed E-state index contributed by atoms with van der Waals surface area (Å²) in [7, 11) is 0. The number of anilines is 1. The molecule has 134 valence electrons. The number of ether oxygens (including phenoxy) is 1. The van der Waals surface area contributed by atoms with Crippen LogP contribution in [0.3, 0.4) is 0 Å². The summed E-state index contributed by atoms with van der Waals surface area (Å²) in [5.74, 6) is 0.551. The molecule has 0 aliphatic heterocycles. The Labute approximate surface area is 156 Å². The van der Waals surface area contributed by atoms with Crippen molar-refractivity contribution in [1.29, 1.82) is 0 Å². The van der Waals surface area contributed by atoms with E-state index in [0.717, 1.165) is 5.56 Å². The number of nitrogens with zero attached hydrogens (tertiary/aromatic N) is 2. The Balaban J connectivity index is 1.62. The molecule has 3 rings (SSSR count). The van der Waals surface area contributed by atoms with Gasteiger partial charge >= 0.3 is 6.01 Å². The van der Waals surface area contributed by atoms with Crippen molar-refractivity contribution in [2.45, 2.75) is 25.9 Å². The molecule has 26 heavy (non-hydrogen) atoms. The summed E-state index contributed by atoms with van der Waals surface area (Å²) in [6.07, 6.45) is 0.494. The zero-order valence-electron chi connectivity index (χ0n) is 14.4. The fourth-order valence-electron chi connectivity index (χ4n) is 2.24. The lowest BCUT2D eigenvalue weighted by atomic mass is 10.1. The summed E-state index contributed by atoms with van der Waals surface area (Å²) in [5.41, 5.74) is -0.0949. The quantitative estimate of drug-likeness (QED) is 0.705. The SMILES string of the molecule is CC(C)(Oc1ccc(Cl)cc1)C(=O)Nc1nnc(Cc2ccccc2)o1. The fourth-order valence-corrected chi connectivity index (χ4v) is 2.36. The van der Waals surface area contributed by atoms with Gasteiger partial charge in [-0.1, -0.05) is 47.0 Å². The predicted molar refractivity (Wildman–Crippen MR) is 98.3 cm³/mol. The molecule has 2 aromatic carbocycles. The summed E-state index contributed by atoms with van der Waals surface area (Å²) >= 11 is 5.85. The van der Waals surface area contributed by atoms with Crippen LogP contribution in [0.2, 0.25) is 5.02 Å². The van der Waals surface area contributed by atoms with Crippen LogP contribution < -0.4 is 10.1 Å². The van der Waals surface area contributed by atoms with E-state index in [4.69, 9.17) is 20.8 Å². The highest BCUT2D eigenvalue weighted by Gasteiger charge is 2.31. The molecule has 1 amide bonds. The van der Waals surface area contributed by atoms with Gasteiger partial charge in [-0.05, 0) is 43.7 Å². The first kappa shape index (κ1) is 17.9. The lowest BCUT2D eigenvalue weighted by molar-refractivity contribution is -0.128. The van der Waals surface area contributed by atoms with Crippen molar-refractivity contribution < 1.29 is 13.9 Å². The van der Waals surface area contributed by atoms with E-state index in [2.05, 4.69) is 15.5 Å². The van der Waals surface area contributed by atoms with Gasteiger partial charge in [0.1, 0.15) is 5.75 Å². The summed E-state index contributed by atoms with van der Waals surface area (Å²) < 4.78 is 11.2. The Hall–Kier alpha value is -2.86. The van der Waals surface area contributed by atoms with Gasteiger partial charge in [-0.2, -0.15) is 0 Å². The van der Waals surface area contributed by atoms with Gasteiger partial charge in [0.05, 0.1) is 6.42 Å². The van der Waals surface area contributed by atoms with E-state index >= 15 is 0 Å². The molecule has 0 saturated carbocycles. The van der Waals surface area contributed by atoms with Crippen molar-refractivity contribution in [2.24, 2.45) is 0 Å². The molecule has 0 aliphatic carbocycles. The number of amides is 1. The highest BCUT2D eigenvalue weighted by atomic mass is 35.5. The number of rotatable bonds is 6. The first-order valence-electron chi connectivity index (χ1n) is 8.05. The molecule has 3 aromatic rings. The maximum absolute atomic E-state index is 12.5. The first-order valence-corrected chi connectivity index (χ1v) is 8.42. The van der Waals surface area contributed by atoms with Gasteiger partial charge in [-0.3, -0.25) is 10.1 Å². The molecule has 1 aromatic heterocycles. The van der Waals surface area contributed by atoms with E-state index < -0.39 is 11.5 Å². The fraction of sp³-hybridized carbons (Fsp3) is 0.211. The smallest absolute Gasteiger partial charge is 0.322 e. The third kappa shape index (κ3) is 4.61. The Morgan fingerprint density at radius 2 is 1.81 bits per heavy atom. The summed E-state index contributed by atoms with van der Waals surface area (Å²) in [6.45, 7) is 3.30. The summed E-state index contributed by atoms with van der Waals surface area (Å²) in [6, 6.07) is 16.6. The van der Waals surface area contributed by atoms with Crippen LogP contribution in [0.5, 0.6) is 5.75 Å². The second-order valence-electron chi connectivity index (χ2n) is 6.18. The molecule has 0 fully saturated rings. The molecule has 0 spiro atoms. The van der Waals surface area contributed by atoms with Crippen molar-refractivity contribution in [3.8, 4) is 5.75 Å². The molecule has 1 heterocycles. The first-order chi connectivity index (χ1) is 12.4. The maximum Gasteiger partial charge on any atom is 0.322 e. The van der Waals surface area contributed by atoms with Gasteiger partial charge in [-0.15, -0.1) is 5.10 Å². The predicted octanol–water partition coefficient (Wildman–Crippen LogP) is 4.11. The number of benzene rings is 2. The third-order valence-electron chi connectivity index (χ3n) is 3.62. The molecule has 6 nitrogen and oxygen atoms in total. The number of aromatic nitrogens is 2. The van der Waals surface area contributed by atoms with Crippen LogP contribution in [0, 0.1) is 0 Å². The molecule has 0 atom stereocenters. The zero-order chi connectivity index (χ0) is 18.6. The van der Waals surface area contributed by atoms with Gasteiger partial charge in [-0.25, -0.2) is 0 Å². The molecule has 7 heteroatoms. The Morgan fingerprint density at radius 1 is 1.12 bits per heavy atom. The summed E-state index contributed by atoms with van der Waals surface area (Å²) in [4.78, 5) is 12.5. The average Bonchev–Trinajstić information content (AvgIpc) is 3.04. The molecule has 0 aliphatic rings. The van der Waals surface area contributed by atoms with E-state index in [0.29, 0.717) is 23.1 Å². The molecular formula is C19H18ClN3O3. The second-order valence-corrected chi connectivity index (χ2v) is 6.62. The third-order valence-corrected chi connectivity index (χ3v) is 3.87. The standard InChI is InChI=1S/C19H18ClN3O3/c1-19(2,26-15-10-8-14(20)9-11-15)17(24)21-18-23-22-16(25-18)12-13-6-4-3-5-7-13/h3-11H,12H2,1-2H3,(H,21,23,24). The number of nitrogens with one attached hydrogen (secondary N) is 1. The summed E-state index contributed by atoms with van der Waals surface area (Å²) in [5, 5.41) is 11.0. The van der Waals surface area contributed by atoms with Crippen LogP contribution in [0.25, 0.3) is 0 Å². The van der Waals surface area contributed by atoms with Crippen LogP contribution >= 0.6 is 11.6 Å². The number of halogens is 1. The topological polar surface area (TPSA) is 77.2 Å². The van der Waals surface area contributed by atoms with Crippen LogP contribution in [-0.4, -0.2) is 21.7 Å². The monoisotopic (exact) mass is 371 g/mol. The number of hydrogen-bond donors (Lipinski definition) is 1. The van der Waals surface area contributed by atoms with E-state index in [1.54, 1.807) is 38.1 Å². The van der Waals surface area contributed by atoms with Gasteiger partial charge in [0.2, 0.25) is 5.89 Å². The molecule has 0 unspecified atom stereocenters. The Kier molecular flexibility index (Phi) is 5.23.